The van der Waals surface area contributed by atoms with E-state index in [-0.39, 0.29) is 17.7 Å². The number of allylic oxidation sites excluding steroid dienone is 2. The Morgan fingerprint density at radius 1 is 1.33 bits per heavy atom. The van der Waals surface area contributed by atoms with Gasteiger partial charge < -0.3 is 14.6 Å². The summed E-state index contributed by atoms with van der Waals surface area (Å²) < 4.78 is 19.3. The van der Waals surface area contributed by atoms with Gasteiger partial charge in [-0.1, -0.05) is 6.08 Å². The number of hydrogen-bond acceptors (Lipinski definition) is 4. The lowest BCUT2D eigenvalue weighted by atomic mass is 9.87. The highest BCUT2D eigenvalue weighted by molar-refractivity contribution is 6.02. The lowest BCUT2D eigenvalue weighted by molar-refractivity contribution is -0.148. The number of pyridine rings is 1. The molecule has 1 atom stereocenters. The smallest absolute Gasteiger partial charge is 0.309 e. The molecular formula is C24H24FN3O2. The molecule has 3 aromatic rings. The van der Waals surface area contributed by atoms with Gasteiger partial charge in [0.05, 0.1) is 12.5 Å². The predicted molar refractivity (Wildman–Crippen MR) is 116 cm³/mol. The van der Waals surface area contributed by atoms with Crippen LogP contribution >= 0.6 is 0 Å². The number of aromatic nitrogens is 2. The van der Waals surface area contributed by atoms with E-state index in [1.54, 1.807) is 12.3 Å². The average molecular weight is 405 g/mol. The Morgan fingerprint density at radius 2 is 2.20 bits per heavy atom. The first kappa shape index (κ1) is 18.9. The van der Waals surface area contributed by atoms with E-state index in [0.717, 1.165) is 46.4 Å². The maximum atomic E-state index is 14.1. The highest BCUT2D eigenvalue weighted by atomic mass is 19.1. The molecule has 0 radical (unpaired) electrons. The molecule has 1 aliphatic heterocycles. The van der Waals surface area contributed by atoms with Crippen LogP contribution in [0.3, 0.4) is 0 Å². The standard InChI is InChI=1S/C24H24FN3O2/c1-3-30-24(29)15-6-4-14(5-7-15)22-19-13-28(2)20-9-8-16(25)12-18(20)17-10-11-26-23(27-22)21(17)19/h4,8-12,15H,3,5-7,13H2,1-2H3,(H,26,27). The summed E-state index contributed by atoms with van der Waals surface area (Å²) in [6, 6.07) is 6.92. The van der Waals surface area contributed by atoms with Gasteiger partial charge in [0.2, 0.25) is 0 Å². The highest BCUT2D eigenvalue weighted by Crippen LogP contribution is 2.44. The van der Waals surface area contributed by atoms with Crippen LogP contribution in [0.15, 0.2) is 36.5 Å². The summed E-state index contributed by atoms with van der Waals surface area (Å²) in [5, 5.41) is 1.05. The van der Waals surface area contributed by atoms with Crippen LogP contribution in [-0.4, -0.2) is 29.6 Å². The zero-order valence-electron chi connectivity index (χ0n) is 17.2. The molecule has 0 saturated heterocycles. The molecule has 5 nitrogen and oxygen atoms in total. The number of rotatable bonds is 3. The summed E-state index contributed by atoms with van der Waals surface area (Å²) in [5.74, 6) is -0.420. The SMILES string of the molecule is CCOC(=O)C1CC=C(c2[nH]c3nccc4c3c2CN(C)c2ccc(F)cc2-4)CC1. The van der Waals surface area contributed by atoms with Gasteiger partial charge in [0.25, 0.3) is 0 Å². The second-order valence-corrected chi connectivity index (χ2v) is 8.03. The van der Waals surface area contributed by atoms with E-state index >= 15 is 0 Å². The van der Waals surface area contributed by atoms with Crippen LogP contribution in [0.5, 0.6) is 0 Å². The second-order valence-electron chi connectivity index (χ2n) is 8.03. The van der Waals surface area contributed by atoms with Crippen LogP contribution in [0.2, 0.25) is 0 Å². The van der Waals surface area contributed by atoms with Crippen LogP contribution in [0.1, 0.15) is 37.4 Å². The van der Waals surface area contributed by atoms with Crippen molar-refractivity contribution in [1.29, 1.82) is 0 Å². The van der Waals surface area contributed by atoms with Gasteiger partial charge in [0, 0.05) is 47.7 Å². The third kappa shape index (κ3) is 2.98. The number of H-pyrrole nitrogens is 1. The van der Waals surface area contributed by atoms with Gasteiger partial charge >= 0.3 is 5.97 Å². The molecule has 1 unspecified atom stereocenters. The number of hydrogen-bond donors (Lipinski definition) is 1. The van der Waals surface area contributed by atoms with Gasteiger partial charge in [0.15, 0.2) is 0 Å². The molecule has 0 saturated carbocycles. The third-order valence-corrected chi connectivity index (χ3v) is 6.21. The van der Waals surface area contributed by atoms with E-state index in [1.807, 2.05) is 26.1 Å². The number of anilines is 1. The van der Waals surface area contributed by atoms with Crippen LogP contribution in [0.25, 0.3) is 27.7 Å². The van der Waals surface area contributed by atoms with Crippen molar-refractivity contribution >= 4 is 28.3 Å². The van der Waals surface area contributed by atoms with Crippen LogP contribution in [0.4, 0.5) is 10.1 Å². The van der Waals surface area contributed by atoms with E-state index in [4.69, 9.17) is 4.74 Å². The number of aromatic amines is 1. The van der Waals surface area contributed by atoms with Crippen LogP contribution in [-0.2, 0) is 16.1 Å². The maximum absolute atomic E-state index is 14.1. The van der Waals surface area contributed by atoms with Crippen LogP contribution < -0.4 is 4.90 Å². The number of fused-ring (bicyclic) bond motifs is 2. The Hall–Kier alpha value is -3.15. The van der Waals surface area contributed by atoms with Gasteiger partial charge in [-0.25, -0.2) is 9.37 Å². The molecule has 0 spiro atoms. The van der Waals surface area contributed by atoms with Crippen molar-refractivity contribution < 1.29 is 13.9 Å². The Morgan fingerprint density at radius 3 is 2.97 bits per heavy atom. The van der Waals surface area contributed by atoms with Crippen molar-refractivity contribution in [2.24, 2.45) is 5.92 Å². The Bertz CT molecular complexity index is 1180. The fourth-order valence-electron chi connectivity index (χ4n) is 4.75. The molecule has 3 heterocycles. The first-order valence-corrected chi connectivity index (χ1v) is 10.4. The molecular weight excluding hydrogens is 381 g/mol. The molecule has 5 rings (SSSR count). The first-order chi connectivity index (χ1) is 14.6. The Balaban J connectivity index is 1.61. The number of halogens is 1. The van der Waals surface area contributed by atoms with Crippen molar-refractivity contribution in [1.82, 2.24) is 9.97 Å². The van der Waals surface area contributed by atoms with Gasteiger partial charge in [-0.05, 0) is 61.6 Å². The Kier molecular flexibility index (Phi) is 4.57. The normalized spacial score (nSPS) is 18.0. The molecule has 1 N–H and O–H groups in total. The number of esters is 1. The molecule has 30 heavy (non-hydrogen) atoms. The molecule has 0 fully saturated rings. The monoisotopic (exact) mass is 405 g/mol. The Labute approximate surface area is 174 Å². The minimum Gasteiger partial charge on any atom is -0.466 e. The summed E-state index contributed by atoms with van der Waals surface area (Å²) in [6.45, 7) is 2.95. The number of nitrogens with zero attached hydrogens (tertiary/aromatic N) is 2. The average Bonchev–Trinajstić information content (AvgIpc) is 3.06. The number of carbonyl (C=O) groups is 1. The van der Waals surface area contributed by atoms with E-state index in [9.17, 15) is 9.18 Å². The number of carbonyl (C=O) groups excluding carboxylic acids is 1. The molecule has 1 aliphatic carbocycles. The first-order valence-electron chi connectivity index (χ1n) is 10.4. The zero-order chi connectivity index (χ0) is 20.8. The molecule has 0 amide bonds. The molecule has 0 bridgehead atoms. The minimum atomic E-state index is -0.244. The summed E-state index contributed by atoms with van der Waals surface area (Å²) in [5.41, 5.74) is 7.16. The molecule has 6 heteroatoms. The van der Waals surface area contributed by atoms with Gasteiger partial charge in [-0.2, -0.15) is 0 Å². The predicted octanol–water partition coefficient (Wildman–Crippen LogP) is 5.07. The summed E-state index contributed by atoms with van der Waals surface area (Å²) in [6.07, 6.45) is 6.20. The van der Waals surface area contributed by atoms with Crippen molar-refractivity contribution in [3.63, 3.8) is 0 Å². The van der Waals surface area contributed by atoms with Gasteiger partial charge in [-0.3, -0.25) is 4.79 Å². The minimum absolute atomic E-state index is 0.0687. The summed E-state index contributed by atoms with van der Waals surface area (Å²) in [4.78, 5) is 22.3. The lowest BCUT2D eigenvalue weighted by Crippen LogP contribution is -2.20. The maximum Gasteiger partial charge on any atom is 0.309 e. The number of benzene rings is 1. The summed E-state index contributed by atoms with van der Waals surface area (Å²) >= 11 is 0. The quantitative estimate of drug-likeness (QED) is 0.619. The van der Waals surface area contributed by atoms with E-state index in [2.05, 4.69) is 20.9 Å². The van der Waals surface area contributed by atoms with Crippen molar-refractivity contribution in [3.05, 3.63) is 53.6 Å². The summed E-state index contributed by atoms with van der Waals surface area (Å²) in [7, 11) is 2.03. The number of ether oxygens (including phenoxy) is 1. The highest BCUT2D eigenvalue weighted by Gasteiger charge is 2.28. The fraction of sp³-hybridized carbons (Fsp3) is 0.333. The second kappa shape index (κ2) is 7.27. The molecule has 2 aromatic heterocycles. The zero-order valence-corrected chi connectivity index (χ0v) is 17.2. The topological polar surface area (TPSA) is 58.2 Å². The van der Waals surface area contributed by atoms with E-state index in [0.29, 0.717) is 19.6 Å². The van der Waals surface area contributed by atoms with E-state index in [1.165, 1.54) is 17.2 Å². The molecule has 154 valence electrons. The molecule has 2 aliphatic rings. The van der Waals surface area contributed by atoms with Crippen molar-refractivity contribution in [2.75, 3.05) is 18.6 Å². The lowest BCUT2D eigenvalue weighted by Gasteiger charge is -2.23. The largest absolute Gasteiger partial charge is 0.466 e. The van der Waals surface area contributed by atoms with Crippen LogP contribution in [0, 0.1) is 11.7 Å². The van der Waals surface area contributed by atoms with Crippen molar-refractivity contribution in [3.8, 4) is 11.1 Å². The number of nitrogens with one attached hydrogen (secondary N) is 1. The third-order valence-electron chi connectivity index (χ3n) is 6.21. The van der Waals surface area contributed by atoms with Crippen molar-refractivity contribution in [2.45, 2.75) is 32.7 Å². The van der Waals surface area contributed by atoms with E-state index < -0.39 is 0 Å². The molecule has 1 aromatic carbocycles. The van der Waals surface area contributed by atoms with Gasteiger partial charge in [0.1, 0.15) is 11.5 Å². The van der Waals surface area contributed by atoms with Gasteiger partial charge in [-0.15, -0.1) is 0 Å². The fourth-order valence-corrected chi connectivity index (χ4v) is 4.75.